The number of amides is 1. The number of thioether (sulfide) groups is 1. The molecular weight excluding hydrogens is 396 g/mol. The Balaban J connectivity index is 1.29. The second-order valence-electron chi connectivity index (χ2n) is 9.40. The molecule has 1 aromatic heterocycles. The van der Waals surface area contributed by atoms with Crippen LogP contribution in [-0.4, -0.2) is 65.2 Å². The fourth-order valence-corrected chi connectivity index (χ4v) is 6.74. The number of hydrogen-bond acceptors (Lipinski definition) is 5. The summed E-state index contributed by atoms with van der Waals surface area (Å²) in [7, 11) is 3.95. The summed E-state index contributed by atoms with van der Waals surface area (Å²) >= 11 is 1.75. The standard InChI is InChI=1S/C23H38N4O2S/c1-16-20-15-21(30-23(20)27(25-16)19-7-5-4-6-8-19)22(28)24-17-9-11-18(12-10-17)26(2)13-14-29-3/h17-19,21H,4-15H2,1-3H3,(H,24,28)/t17-,18-,21?. The molecular formula is C23H38N4O2S. The lowest BCUT2D eigenvalue weighted by molar-refractivity contribution is -0.121. The van der Waals surface area contributed by atoms with Crippen molar-refractivity contribution in [2.24, 2.45) is 0 Å². The number of nitrogens with one attached hydrogen (secondary N) is 1. The van der Waals surface area contributed by atoms with Crippen LogP contribution in [0.25, 0.3) is 0 Å². The number of fused-ring (bicyclic) bond motifs is 1. The van der Waals surface area contributed by atoms with Crippen LogP contribution in [0.1, 0.15) is 75.1 Å². The molecule has 3 aliphatic rings. The topological polar surface area (TPSA) is 59.4 Å². The second-order valence-corrected chi connectivity index (χ2v) is 10.6. The van der Waals surface area contributed by atoms with Crippen LogP contribution in [0, 0.1) is 6.92 Å². The number of aromatic nitrogens is 2. The van der Waals surface area contributed by atoms with E-state index in [0.717, 1.165) is 50.9 Å². The molecule has 4 rings (SSSR count). The van der Waals surface area contributed by atoms with Crippen molar-refractivity contribution >= 4 is 17.7 Å². The molecule has 0 spiro atoms. The van der Waals surface area contributed by atoms with Crippen molar-refractivity contribution in [3.63, 3.8) is 0 Å². The van der Waals surface area contributed by atoms with Gasteiger partial charge < -0.3 is 15.0 Å². The van der Waals surface area contributed by atoms with Gasteiger partial charge in [0, 0.05) is 31.3 Å². The zero-order chi connectivity index (χ0) is 21.1. The Hall–Kier alpha value is -1.05. The van der Waals surface area contributed by atoms with Crippen LogP contribution in [0.3, 0.4) is 0 Å². The number of hydrogen-bond donors (Lipinski definition) is 1. The third kappa shape index (κ3) is 4.89. The Morgan fingerprint density at radius 3 is 2.63 bits per heavy atom. The number of likely N-dealkylation sites (N-methyl/N-ethyl adjacent to an activating group) is 1. The van der Waals surface area contributed by atoms with Gasteiger partial charge in [-0.2, -0.15) is 5.10 Å². The highest BCUT2D eigenvalue weighted by atomic mass is 32.2. The van der Waals surface area contributed by atoms with E-state index in [9.17, 15) is 4.79 Å². The van der Waals surface area contributed by atoms with Crippen molar-refractivity contribution < 1.29 is 9.53 Å². The molecule has 0 radical (unpaired) electrons. The predicted octanol–water partition coefficient (Wildman–Crippen LogP) is 3.72. The molecule has 2 aliphatic carbocycles. The Morgan fingerprint density at radius 1 is 1.20 bits per heavy atom. The fourth-order valence-electron chi connectivity index (χ4n) is 5.37. The lowest BCUT2D eigenvalue weighted by Gasteiger charge is -2.35. The first-order chi connectivity index (χ1) is 14.6. The van der Waals surface area contributed by atoms with Crippen LogP contribution in [-0.2, 0) is 16.0 Å². The predicted molar refractivity (Wildman–Crippen MR) is 121 cm³/mol. The number of nitrogens with zero attached hydrogens (tertiary/aromatic N) is 3. The van der Waals surface area contributed by atoms with Crippen LogP contribution in [0.4, 0.5) is 0 Å². The maximum atomic E-state index is 13.0. The first kappa shape index (κ1) is 22.2. The van der Waals surface area contributed by atoms with Gasteiger partial charge in [0.05, 0.1) is 28.6 Å². The molecule has 0 aromatic carbocycles. The number of aryl methyl sites for hydroxylation is 1. The lowest BCUT2D eigenvalue weighted by Crippen LogP contribution is -2.45. The van der Waals surface area contributed by atoms with Crippen LogP contribution in [0.15, 0.2) is 5.03 Å². The van der Waals surface area contributed by atoms with Crippen LogP contribution >= 0.6 is 11.8 Å². The monoisotopic (exact) mass is 434 g/mol. The largest absolute Gasteiger partial charge is 0.383 e. The first-order valence-corrected chi connectivity index (χ1v) is 12.7. The molecule has 0 saturated heterocycles. The molecule has 6 nitrogen and oxygen atoms in total. The average molecular weight is 435 g/mol. The van der Waals surface area contributed by atoms with E-state index in [1.165, 1.54) is 42.7 Å². The van der Waals surface area contributed by atoms with E-state index in [-0.39, 0.29) is 11.2 Å². The van der Waals surface area contributed by atoms with Crippen molar-refractivity contribution in [3.05, 3.63) is 11.3 Å². The highest BCUT2D eigenvalue weighted by molar-refractivity contribution is 8.00. The zero-order valence-electron chi connectivity index (χ0n) is 18.9. The summed E-state index contributed by atoms with van der Waals surface area (Å²) in [5, 5.41) is 9.51. The van der Waals surface area contributed by atoms with Gasteiger partial charge in [0.2, 0.25) is 5.91 Å². The normalized spacial score (nSPS) is 27.4. The van der Waals surface area contributed by atoms with Gasteiger partial charge >= 0.3 is 0 Å². The van der Waals surface area contributed by atoms with E-state index in [4.69, 9.17) is 9.84 Å². The highest BCUT2D eigenvalue weighted by Crippen LogP contribution is 2.42. The van der Waals surface area contributed by atoms with Crippen LogP contribution in [0.5, 0.6) is 0 Å². The number of carbonyl (C=O) groups is 1. The summed E-state index contributed by atoms with van der Waals surface area (Å²) in [5.74, 6) is 0.224. The minimum absolute atomic E-state index is 0.00800. The molecule has 1 unspecified atom stereocenters. The SMILES string of the molecule is COCCN(C)[C@H]1CC[C@H](NC(=O)C2Cc3c(C)nn(C4CCCCC4)c3S2)CC1. The summed E-state index contributed by atoms with van der Waals surface area (Å²) < 4.78 is 7.47. The summed E-state index contributed by atoms with van der Waals surface area (Å²) in [5.41, 5.74) is 2.44. The van der Waals surface area contributed by atoms with E-state index in [1.807, 2.05) is 0 Å². The Kier molecular flexibility index (Phi) is 7.42. The van der Waals surface area contributed by atoms with Crippen molar-refractivity contribution in [1.29, 1.82) is 0 Å². The average Bonchev–Trinajstić information content (AvgIpc) is 3.34. The molecule has 1 amide bonds. The molecule has 2 heterocycles. The van der Waals surface area contributed by atoms with Gasteiger partial charge in [0.1, 0.15) is 0 Å². The molecule has 7 heteroatoms. The van der Waals surface area contributed by atoms with Gasteiger partial charge in [0.15, 0.2) is 0 Å². The van der Waals surface area contributed by atoms with Crippen molar-refractivity contribution in [2.75, 3.05) is 27.3 Å². The van der Waals surface area contributed by atoms with Crippen molar-refractivity contribution in [2.45, 2.75) is 99.5 Å². The Labute approximate surface area is 185 Å². The summed E-state index contributed by atoms with van der Waals surface area (Å²) in [6.45, 7) is 3.87. The highest BCUT2D eigenvalue weighted by Gasteiger charge is 2.36. The number of ether oxygens (including phenoxy) is 1. The van der Waals surface area contributed by atoms with E-state index in [1.54, 1.807) is 18.9 Å². The molecule has 30 heavy (non-hydrogen) atoms. The maximum absolute atomic E-state index is 13.0. The van der Waals surface area contributed by atoms with Gasteiger partial charge in [0.25, 0.3) is 0 Å². The molecule has 1 atom stereocenters. The van der Waals surface area contributed by atoms with E-state index < -0.39 is 0 Å². The van der Waals surface area contributed by atoms with Crippen LogP contribution < -0.4 is 5.32 Å². The van der Waals surface area contributed by atoms with Gasteiger partial charge in [-0.15, -0.1) is 0 Å². The van der Waals surface area contributed by atoms with E-state index >= 15 is 0 Å². The third-order valence-corrected chi connectivity index (χ3v) is 8.65. The van der Waals surface area contributed by atoms with Gasteiger partial charge in [-0.25, -0.2) is 0 Å². The number of rotatable bonds is 7. The quantitative estimate of drug-likeness (QED) is 0.709. The van der Waals surface area contributed by atoms with Crippen molar-refractivity contribution in [3.8, 4) is 0 Å². The minimum atomic E-state index is 0.00800. The van der Waals surface area contributed by atoms with E-state index in [0.29, 0.717) is 18.1 Å². The number of methoxy groups -OCH3 is 1. The third-order valence-electron chi connectivity index (χ3n) is 7.33. The summed E-state index contributed by atoms with van der Waals surface area (Å²) in [6, 6.07) is 1.47. The summed E-state index contributed by atoms with van der Waals surface area (Å²) in [6.07, 6.45) is 11.7. The number of carbonyl (C=O) groups excluding carboxylic acids is 1. The Morgan fingerprint density at radius 2 is 1.93 bits per heavy atom. The molecule has 2 fully saturated rings. The fraction of sp³-hybridized carbons (Fsp3) is 0.826. The summed E-state index contributed by atoms with van der Waals surface area (Å²) in [4.78, 5) is 15.5. The molecule has 2 saturated carbocycles. The first-order valence-electron chi connectivity index (χ1n) is 11.8. The molecule has 0 bridgehead atoms. The minimum Gasteiger partial charge on any atom is -0.383 e. The molecule has 1 aromatic rings. The van der Waals surface area contributed by atoms with Crippen LogP contribution in [0.2, 0.25) is 0 Å². The molecule has 1 N–H and O–H groups in total. The van der Waals surface area contributed by atoms with Gasteiger partial charge in [-0.1, -0.05) is 31.0 Å². The maximum Gasteiger partial charge on any atom is 0.234 e. The molecule has 1 aliphatic heterocycles. The van der Waals surface area contributed by atoms with Crippen molar-refractivity contribution in [1.82, 2.24) is 20.0 Å². The smallest absolute Gasteiger partial charge is 0.234 e. The second kappa shape index (κ2) is 10.0. The lowest BCUT2D eigenvalue weighted by atomic mass is 9.90. The van der Waals surface area contributed by atoms with Gasteiger partial charge in [-0.3, -0.25) is 9.48 Å². The zero-order valence-corrected chi connectivity index (χ0v) is 19.7. The molecule has 168 valence electrons. The van der Waals surface area contributed by atoms with E-state index in [2.05, 4.69) is 28.9 Å². The van der Waals surface area contributed by atoms with Gasteiger partial charge in [-0.05, 0) is 58.9 Å². The Bertz CT molecular complexity index is 723.